The van der Waals surface area contributed by atoms with Crippen molar-refractivity contribution in [3.05, 3.63) is 0 Å². The Labute approximate surface area is 65.2 Å². The number of carbonyl (C=O) groups is 2. The van der Waals surface area contributed by atoms with Gasteiger partial charge >= 0.3 is 5.97 Å². The van der Waals surface area contributed by atoms with E-state index in [2.05, 4.69) is 4.74 Å². The average molecular weight is 160 g/mol. The first-order valence-electron chi connectivity index (χ1n) is 3.44. The highest BCUT2D eigenvalue weighted by molar-refractivity contribution is 5.66. The van der Waals surface area contributed by atoms with Gasteiger partial charge in [-0.05, 0) is 12.3 Å². The van der Waals surface area contributed by atoms with Crippen LogP contribution in [0, 0.1) is 5.92 Å². The normalized spacial score (nSPS) is 12.1. The molecule has 0 aromatic carbocycles. The van der Waals surface area contributed by atoms with E-state index in [4.69, 9.17) is 5.11 Å². The Morgan fingerprint density at radius 1 is 1.73 bits per heavy atom. The van der Waals surface area contributed by atoms with E-state index in [1.165, 1.54) is 0 Å². The van der Waals surface area contributed by atoms with Crippen LogP contribution in [0.5, 0.6) is 0 Å². The molecule has 4 heteroatoms. The summed E-state index contributed by atoms with van der Waals surface area (Å²) in [6.45, 7) is 2.48. The minimum Gasteiger partial charge on any atom is -0.481 e. The zero-order valence-corrected chi connectivity index (χ0v) is 6.45. The van der Waals surface area contributed by atoms with E-state index in [-0.39, 0.29) is 12.3 Å². The molecule has 0 aliphatic heterocycles. The maximum atomic E-state index is 10.1. The fourth-order valence-corrected chi connectivity index (χ4v) is 0.717. The van der Waals surface area contributed by atoms with Gasteiger partial charge in [-0.25, -0.2) is 0 Å². The maximum absolute atomic E-state index is 10.1. The van der Waals surface area contributed by atoms with Gasteiger partial charge in [-0.2, -0.15) is 0 Å². The van der Waals surface area contributed by atoms with Crippen LogP contribution in [0.3, 0.4) is 0 Å². The SMILES string of the molecule is CC(CCOC=O)CC(=O)O. The van der Waals surface area contributed by atoms with Gasteiger partial charge < -0.3 is 9.84 Å². The number of hydrogen-bond donors (Lipinski definition) is 1. The van der Waals surface area contributed by atoms with Gasteiger partial charge in [0.1, 0.15) is 0 Å². The number of carbonyl (C=O) groups excluding carboxylic acids is 1. The van der Waals surface area contributed by atoms with Gasteiger partial charge in [0.25, 0.3) is 6.47 Å². The summed E-state index contributed by atoms with van der Waals surface area (Å²) in [6.07, 6.45) is 0.729. The summed E-state index contributed by atoms with van der Waals surface area (Å²) in [5.74, 6) is -0.754. The summed E-state index contributed by atoms with van der Waals surface area (Å²) < 4.78 is 4.41. The number of aliphatic carboxylic acids is 1. The molecule has 64 valence electrons. The third kappa shape index (κ3) is 6.83. The summed E-state index contributed by atoms with van der Waals surface area (Å²) in [7, 11) is 0. The maximum Gasteiger partial charge on any atom is 0.303 e. The first-order chi connectivity index (χ1) is 5.16. The molecule has 0 aromatic heterocycles. The molecule has 0 heterocycles. The van der Waals surface area contributed by atoms with Crippen molar-refractivity contribution in [1.82, 2.24) is 0 Å². The van der Waals surface area contributed by atoms with Crippen molar-refractivity contribution in [1.29, 1.82) is 0 Å². The number of hydrogen-bond acceptors (Lipinski definition) is 3. The molecule has 1 atom stereocenters. The van der Waals surface area contributed by atoms with Crippen LogP contribution in [0.1, 0.15) is 19.8 Å². The monoisotopic (exact) mass is 160 g/mol. The van der Waals surface area contributed by atoms with E-state index in [0.29, 0.717) is 19.5 Å². The van der Waals surface area contributed by atoms with Crippen LogP contribution in [0.15, 0.2) is 0 Å². The molecule has 0 aromatic rings. The van der Waals surface area contributed by atoms with E-state index < -0.39 is 5.97 Å². The van der Waals surface area contributed by atoms with Crippen molar-refractivity contribution in [2.75, 3.05) is 6.61 Å². The summed E-state index contributed by atoms with van der Waals surface area (Å²) in [6, 6.07) is 0. The lowest BCUT2D eigenvalue weighted by atomic mass is 10.1. The molecule has 0 aliphatic rings. The van der Waals surface area contributed by atoms with Crippen LogP contribution in [0.2, 0.25) is 0 Å². The minimum absolute atomic E-state index is 0.0625. The van der Waals surface area contributed by atoms with Crippen LogP contribution in [-0.2, 0) is 14.3 Å². The summed E-state index contributed by atoms with van der Waals surface area (Å²) >= 11 is 0. The molecule has 0 radical (unpaired) electrons. The van der Waals surface area contributed by atoms with Crippen molar-refractivity contribution >= 4 is 12.4 Å². The van der Waals surface area contributed by atoms with Gasteiger partial charge in [-0.3, -0.25) is 9.59 Å². The smallest absolute Gasteiger partial charge is 0.303 e. The van der Waals surface area contributed by atoms with Crippen LogP contribution in [0.25, 0.3) is 0 Å². The van der Waals surface area contributed by atoms with Gasteiger partial charge in [0.15, 0.2) is 0 Å². The van der Waals surface area contributed by atoms with Gasteiger partial charge in [-0.1, -0.05) is 6.92 Å². The molecule has 11 heavy (non-hydrogen) atoms. The Hall–Kier alpha value is -1.06. The Morgan fingerprint density at radius 2 is 2.36 bits per heavy atom. The first kappa shape index (κ1) is 9.94. The predicted molar refractivity (Wildman–Crippen MR) is 38.0 cm³/mol. The summed E-state index contributed by atoms with van der Waals surface area (Å²) in [5.41, 5.74) is 0. The Balaban J connectivity index is 3.28. The summed E-state index contributed by atoms with van der Waals surface area (Å²) in [5, 5.41) is 8.33. The molecule has 1 N–H and O–H groups in total. The molecule has 0 rings (SSSR count). The highest BCUT2D eigenvalue weighted by Gasteiger charge is 2.06. The van der Waals surface area contributed by atoms with Crippen molar-refractivity contribution in [2.45, 2.75) is 19.8 Å². The van der Waals surface area contributed by atoms with Crippen LogP contribution >= 0.6 is 0 Å². The fraction of sp³-hybridized carbons (Fsp3) is 0.714. The largest absolute Gasteiger partial charge is 0.481 e. The lowest BCUT2D eigenvalue weighted by Gasteiger charge is -2.05. The first-order valence-corrected chi connectivity index (χ1v) is 3.44. The highest BCUT2D eigenvalue weighted by atomic mass is 16.5. The lowest BCUT2D eigenvalue weighted by molar-refractivity contribution is -0.138. The molecule has 0 amide bonds. The van der Waals surface area contributed by atoms with E-state index in [1.54, 1.807) is 0 Å². The Bertz CT molecular complexity index is 132. The molecular weight excluding hydrogens is 148 g/mol. The van der Waals surface area contributed by atoms with Crippen molar-refractivity contribution in [3.63, 3.8) is 0 Å². The number of rotatable bonds is 6. The van der Waals surface area contributed by atoms with Gasteiger partial charge in [-0.15, -0.1) is 0 Å². The second kappa shape index (κ2) is 5.70. The topological polar surface area (TPSA) is 63.6 Å². The predicted octanol–water partition coefficient (Wildman–Crippen LogP) is 0.660. The van der Waals surface area contributed by atoms with Gasteiger partial charge in [0.05, 0.1) is 6.61 Å². The molecular formula is C7H12O4. The average Bonchev–Trinajstić information content (AvgIpc) is 1.86. The number of carboxylic acids is 1. The van der Waals surface area contributed by atoms with Gasteiger partial charge in [0, 0.05) is 6.42 Å². The standard InChI is InChI=1S/C7H12O4/c1-6(4-7(9)10)2-3-11-5-8/h5-6H,2-4H2,1H3,(H,9,10). The van der Waals surface area contributed by atoms with Crippen molar-refractivity contribution in [2.24, 2.45) is 5.92 Å². The van der Waals surface area contributed by atoms with Gasteiger partial charge in [0.2, 0.25) is 0 Å². The third-order valence-corrected chi connectivity index (χ3v) is 1.32. The fourth-order valence-electron chi connectivity index (χ4n) is 0.717. The Kier molecular flexibility index (Phi) is 5.15. The second-order valence-electron chi connectivity index (χ2n) is 2.46. The quantitative estimate of drug-likeness (QED) is 0.458. The summed E-state index contributed by atoms with van der Waals surface area (Å²) in [4.78, 5) is 19.8. The number of carboxylic acid groups (broad SMARTS) is 1. The molecule has 0 saturated carbocycles. The molecule has 0 bridgehead atoms. The van der Waals surface area contributed by atoms with Crippen molar-refractivity contribution in [3.8, 4) is 0 Å². The zero-order valence-electron chi connectivity index (χ0n) is 6.45. The lowest BCUT2D eigenvalue weighted by Crippen LogP contribution is -2.06. The minimum atomic E-state index is -0.816. The molecule has 0 fully saturated rings. The Morgan fingerprint density at radius 3 is 2.82 bits per heavy atom. The highest BCUT2D eigenvalue weighted by Crippen LogP contribution is 2.06. The molecule has 0 spiro atoms. The van der Waals surface area contributed by atoms with Crippen molar-refractivity contribution < 1.29 is 19.4 Å². The van der Waals surface area contributed by atoms with Crippen LogP contribution < -0.4 is 0 Å². The number of ether oxygens (including phenoxy) is 1. The third-order valence-electron chi connectivity index (χ3n) is 1.32. The molecule has 0 aliphatic carbocycles. The molecule has 0 saturated heterocycles. The second-order valence-corrected chi connectivity index (χ2v) is 2.46. The van der Waals surface area contributed by atoms with Crippen LogP contribution in [-0.4, -0.2) is 24.2 Å². The molecule has 1 unspecified atom stereocenters. The van der Waals surface area contributed by atoms with E-state index in [9.17, 15) is 9.59 Å². The van der Waals surface area contributed by atoms with E-state index >= 15 is 0 Å². The van der Waals surface area contributed by atoms with E-state index in [1.807, 2.05) is 6.92 Å². The van der Waals surface area contributed by atoms with Crippen LogP contribution in [0.4, 0.5) is 0 Å². The van der Waals surface area contributed by atoms with E-state index in [0.717, 1.165) is 0 Å². The zero-order chi connectivity index (χ0) is 8.69. The molecule has 4 nitrogen and oxygen atoms in total.